The Kier molecular flexibility index (Phi) is 5.48. The molecule has 0 aliphatic carbocycles. The van der Waals surface area contributed by atoms with Crippen molar-refractivity contribution < 1.29 is 19.2 Å². The van der Waals surface area contributed by atoms with E-state index in [0.29, 0.717) is 17.0 Å². The van der Waals surface area contributed by atoms with Crippen LogP contribution in [0.3, 0.4) is 0 Å². The summed E-state index contributed by atoms with van der Waals surface area (Å²) in [5.74, 6) is -0.815. The zero-order valence-electron chi connectivity index (χ0n) is 11.5. The summed E-state index contributed by atoms with van der Waals surface area (Å²) in [6.45, 7) is 2.31. The Morgan fingerprint density at radius 3 is 2.71 bits per heavy atom. The van der Waals surface area contributed by atoms with E-state index in [2.05, 4.69) is 5.48 Å². The largest absolute Gasteiger partial charge is 0.462 e. The summed E-state index contributed by atoms with van der Waals surface area (Å²) < 4.78 is 4.86. The summed E-state index contributed by atoms with van der Waals surface area (Å²) >= 11 is 1.17. The van der Waals surface area contributed by atoms with Crippen molar-refractivity contribution in [2.24, 2.45) is 0 Å². The van der Waals surface area contributed by atoms with Crippen LogP contribution in [0.2, 0.25) is 0 Å². The van der Waals surface area contributed by atoms with Gasteiger partial charge in [-0.25, -0.2) is 10.3 Å². The SMILES string of the molecule is CCOC(=O)c1csc(C(=O)NOCc2ccccc2)c1. The van der Waals surface area contributed by atoms with Gasteiger partial charge < -0.3 is 4.74 Å². The van der Waals surface area contributed by atoms with Crippen LogP contribution in [0.25, 0.3) is 0 Å². The molecular weight excluding hydrogens is 290 g/mol. The number of thiophene rings is 1. The lowest BCUT2D eigenvalue weighted by molar-refractivity contribution is 0.0237. The van der Waals surface area contributed by atoms with Crippen molar-refractivity contribution in [2.45, 2.75) is 13.5 Å². The molecule has 0 aliphatic rings. The Balaban J connectivity index is 1.85. The minimum Gasteiger partial charge on any atom is -0.462 e. The van der Waals surface area contributed by atoms with Gasteiger partial charge in [0.25, 0.3) is 5.91 Å². The maximum Gasteiger partial charge on any atom is 0.338 e. The van der Waals surface area contributed by atoms with Crippen molar-refractivity contribution in [1.82, 2.24) is 5.48 Å². The van der Waals surface area contributed by atoms with Gasteiger partial charge in [0.05, 0.1) is 23.7 Å². The number of rotatable bonds is 6. The molecule has 0 bridgehead atoms. The molecule has 0 saturated carbocycles. The third kappa shape index (κ3) is 4.40. The van der Waals surface area contributed by atoms with Crippen LogP contribution in [0.5, 0.6) is 0 Å². The van der Waals surface area contributed by atoms with Crippen LogP contribution in [-0.4, -0.2) is 18.5 Å². The molecule has 1 N–H and O–H groups in total. The van der Waals surface area contributed by atoms with Gasteiger partial charge in [-0.1, -0.05) is 30.3 Å². The van der Waals surface area contributed by atoms with E-state index in [4.69, 9.17) is 9.57 Å². The fraction of sp³-hybridized carbons (Fsp3) is 0.200. The van der Waals surface area contributed by atoms with Gasteiger partial charge in [-0.05, 0) is 18.6 Å². The van der Waals surface area contributed by atoms with Gasteiger partial charge in [0.15, 0.2) is 0 Å². The zero-order chi connectivity index (χ0) is 15.1. The van der Waals surface area contributed by atoms with Crippen LogP contribution in [0.1, 0.15) is 32.5 Å². The highest BCUT2D eigenvalue weighted by Gasteiger charge is 2.14. The van der Waals surface area contributed by atoms with Crippen molar-refractivity contribution in [3.05, 3.63) is 57.8 Å². The van der Waals surface area contributed by atoms with Gasteiger partial charge in [-0.15, -0.1) is 11.3 Å². The summed E-state index contributed by atoms with van der Waals surface area (Å²) in [5.41, 5.74) is 3.68. The van der Waals surface area contributed by atoms with Gasteiger partial charge in [-0.3, -0.25) is 9.63 Å². The lowest BCUT2D eigenvalue weighted by Gasteiger charge is -2.04. The van der Waals surface area contributed by atoms with E-state index in [-0.39, 0.29) is 12.5 Å². The Morgan fingerprint density at radius 2 is 2.00 bits per heavy atom. The second kappa shape index (κ2) is 7.56. The predicted molar refractivity (Wildman–Crippen MR) is 79.0 cm³/mol. The van der Waals surface area contributed by atoms with E-state index in [1.807, 2.05) is 30.3 Å². The normalized spacial score (nSPS) is 10.1. The predicted octanol–water partition coefficient (Wildman–Crippen LogP) is 2.79. The van der Waals surface area contributed by atoms with Crippen LogP contribution in [0, 0.1) is 0 Å². The minimum absolute atomic E-state index is 0.280. The average Bonchev–Trinajstić information content (AvgIpc) is 2.98. The lowest BCUT2D eigenvalue weighted by atomic mass is 10.2. The first-order valence-electron chi connectivity index (χ1n) is 6.42. The number of ether oxygens (including phenoxy) is 1. The fourth-order valence-electron chi connectivity index (χ4n) is 1.59. The molecule has 0 aliphatic heterocycles. The first-order valence-corrected chi connectivity index (χ1v) is 7.30. The van der Waals surface area contributed by atoms with Gasteiger partial charge in [-0.2, -0.15) is 0 Å². The molecule has 1 heterocycles. The van der Waals surface area contributed by atoms with E-state index < -0.39 is 5.97 Å². The number of hydroxylamine groups is 1. The Bertz CT molecular complexity index is 609. The molecule has 0 saturated heterocycles. The molecular formula is C15H15NO4S. The van der Waals surface area contributed by atoms with Crippen molar-refractivity contribution in [3.63, 3.8) is 0 Å². The van der Waals surface area contributed by atoms with Crippen LogP contribution in [0.4, 0.5) is 0 Å². The molecule has 6 heteroatoms. The number of hydrogen-bond donors (Lipinski definition) is 1. The number of esters is 1. The third-order valence-corrected chi connectivity index (χ3v) is 3.51. The fourth-order valence-corrected chi connectivity index (χ4v) is 2.35. The minimum atomic E-state index is -0.432. The third-order valence-electron chi connectivity index (χ3n) is 2.58. The van der Waals surface area contributed by atoms with E-state index in [0.717, 1.165) is 5.56 Å². The Morgan fingerprint density at radius 1 is 1.24 bits per heavy atom. The molecule has 21 heavy (non-hydrogen) atoms. The molecule has 2 rings (SSSR count). The lowest BCUT2D eigenvalue weighted by Crippen LogP contribution is -2.22. The highest BCUT2D eigenvalue weighted by Crippen LogP contribution is 2.15. The van der Waals surface area contributed by atoms with Crippen LogP contribution in [-0.2, 0) is 16.2 Å². The molecule has 2 aromatic rings. The van der Waals surface area contributed by atoms with Crippen molar-refractivity contribution in [3.8, 4) is 0 Å². The summed E-state index contributed by atoms with van der Waals surface area (Å²) in [5, 5.41) is 1.59. The Labute approximate surface area is 126 Å². The zero-order valence-corrected chi connectivity index (χ0v) is 12.3. The van der Waals surface area contributed by atoms with Crippen molar-refractivity contribution in [2.75, 3.05) is 6.61 Å². The van der Waals surface area contributed by atoms with E-state index in [1.54, 1.807) is 12.3 Å². The number of carbonyl (C=O) groups excluding carboxylic acids is 2. The van der Waals surface area contributed by atoms with E-state index in [1.165, 1.54) is 17.4 Å². The highest BCUT2D eigenvalue weighted by atomic mass is 32.1. The standard InChI is InChI=1S/C15H15NO4S/c1-2-19-15(18)12-8-13(21-10-12)14(17)16-20-9-11-6-4-3-5-7-11/h3-8,10H,2,9H2,1H3,(H,16,17). The van der Waals surface area contributed by atoms with Crippen molar-refractivity contribution >= 4 is 23.2 Å². The maximum atomic E-state index is 11.9. The maximum absolute atomic E-state index is 11.9. The number of nitrogens with one attached hydrogen (secondary N) is 1. The first kappa shape index (κ1) is 15.2. The van der Waals surface area contributed by atoms with Gasteiger partial charge in [0.1, 0.15) is 0 Å². The van der Waals surface area contributed by atoms with Crippen LogP contribution in [0.15, 0.2) is 41.8 Å². The Hall–Kier alpha value is -2.18. The summed E-state index contributed by atoms with van der Waals surface area (Å²) in [4.78, 5) is 28.9. The molecule has 0 spiro atoms. The van der Waals surface area contributed by atoms with E-state index >= 15 is 0 Å². The molecule has 0 radical (unpaired) electrons. The van der Waals surface area contributed by atoms with Gasteiger partial charge in [0.2, 0.25) is 0 Å². The molecule has 0 unspecified atom stereocenters. The molecule has 1 aromatic carbocycles. The molecule has 1 amide bonds. The van der Waals surface area contributed by atoms with Crippen LogP contribution < -0.4 is 5.48 Å². The molecule has 1 aromatic heterocycles. The first-order chi connectivity index (χ1) is 10.2. The van der Waals surface area contributed by atoms with Gasteiger partial charge in [0, 0.05) is 5.38 Å². The van der Waals surface area contributed by atoms with Crippen molar-refractivity contribution in [1.29, 1.82) is 0 Å². The number of amides is 1. The molecule has 0 atom stereocenters. The molecule has 5 nitrogen and oxygen atoms in total. The summed E-state index contributed by atoms with van der Waals surface area (Å²) in [7, 11) is 0. The van der Waals surface area contributed by atoms with E-state index in [9.17, 15) is 9.59 Å². The average molecular weight is 305 g/mol. The summed E-state index contributed by atoms with van der Waals surface area (Å²) in [6.07, 6.45) is 0. The monoisotopic (exact) mass is 305 g/mol. The van der Waals surface area contributed by atoms with Gasteiger partial charge >= 0.3 is 5.97 Å². The number of hydrogen-bond acceptors (Lipinski definition) is 5. The molecule has 0 fully saturated rings. The quantitative estimate of drug-likeness (QED) is 0.658. The second-order valence-corrected chi connectivity index (χ2v) is 5.04. The smallest absolute Gasteiger partial charge is 0.338 e. The topological polar surface area (TPSA) is 64.6 Å². The van der Waals surface area contributed by atoms with Crippen LogP contribution >= 0.6 is 11.3 Å². The molecule has 110 valence electrons. The summed E-state index contributed by atoms with van der Waals surface area (Å²) in [6, 6.07) is 11.0. The second-order valence-electron chi connectivity index (χ2n) is 4.13. The highest BCUT2D eigenvalue weighted by molar-refractivity contribution is 7.12. The number of benzene rings is 1. The number of carbonyl (C=O) groups is 2.